The zero-order valence-corrected chi connectivity index (χ0v) is 10.6. The monoisotopic (exact) mass is 261 g/mol. The first-order valence-electron chi connectivity index (χ1n) is 5.62. The van der Waals surface area contributed by atoms with Crippen molar-refractivity contribution in [2.75, 3.05) is 0 Å². The maximum absolute atomic E-state index is 13.3. The van der Waals surface area contributed by atoms with E-state index in [9.17, 15) is 8.78 Å². The SMILES string of the molecule is Cc1c[s+](-c2cccc(F)c2)c2ccc(F)cc12. The average molecular weight is 261 g/mol. The van der Waals surface area contributed by atoms with Crippen LogP contribution in [-0.2, 0) is 0 Å². The molecule has 0 radical (unpaired) electrons. The summed E-state index contributed by atoms with van der Waals surface area (Å²) in [6.45, 7) is 1.96. The van der Waals surface area contributed by atoms with Crippen LogP contribution in [0.1, 0.15) is 5.56 Å². The van der Waals surface area contributed by atoms with Crippen molar-refractivity contribution in [3.05, 3.63) is 65.0 Å². The molecule has 3 aromatic rings. The van der Waals surface area contributed by atoms with Crippen molar-refractivity contribution in [2.45, 2.75) is 6.92 Å². The lowest BCUT2D eigenvalue weighted by molar-refractivity contribution is 0.628. The maximum atomic E-state index is 13.3. The maximum Gasteiger partial charge on any atom is 0.186 e. The van der Waals surface area contributed by atoms with Gasteiger partial charge in [0.1, 0.15) is 17.0 Å². The summed E-state index contributed by atoms with van der Waals surface area (Å²) in [5.74, 6) is -0.465. The van der Waals surface area contributed by atoms with Gasteiger partial charge in [0.2, 0.25) is 0 Å². The topological polar surface area (TPSA) is 0 Å². The minimum Gasteiger partial charge on any atom is -0.207 e. The van der Waals surface area contributed by atoms with E-state index >= 15 is 0 Å². The Bertz CT molecular complexity index is 728. The summed E-state index contributed by atoms with van der Waals surface area (Å²) in [4.78, 5) is 0.930. The molecule has 1 aromatic heterocycles. The molecular formula is C15H11F2S+. The summed E-state index contributed by atoms with van der Waals surface area (Å²) in [5.41, 5.74) is 1.05. The van der Waals surface area contributed by atoms with Gasteiger partial charge in [0, 0.05) is 33.6 Å². The molecule has 1 heterocycles. The van der Waals surface area contributed by atoms with Crippen molar-refractivity contribution in [3.63, 3.8) is 0 Å². The highest BCUT2D eigenvalue weighted by Crippen LogP contribution is 2.42. The van der Waals surface area contributed by atoms with E-state index in [-0.39, 0.29) is 22.1 Å². The van der Waals surface area contributed by atoms with Crippen LogP contribution in [0.25, 0.3) is 15.0 Å². The number of hydrogen-bond donors (Lipinski definition) is 0. The molecule has 3 heteroatoms. The molecule has 0 aliphatic rings. The van der Waals surface area contributed by atoms with Gasteiger partial charge in [-0.05, 0) is 31.2 Å². The Balaban J connectivity index is 2.30. The zero-order chi connectivity index (χ0) is 12.7. The van der Waals surface area contributed by atoms with Gasteiger partial charge in [0.25, 0.3) is 0 Å². The van der Waals surface area contributed by atoms with Crippen molar-refractivity contribution in [1.29, 1.82) is 0 Å². The molecule has 2 aromatic carbocycles. The lowest BCUT2D eigenvalue weighted by Crippen LogP contribution is -1.75. The van der Waals surface area contributed by atoms with Gasteiger partial charge in [-0.15, -0.1) is 0 Å². The third-order valence-corrected chi connectivity index (χ3v) is 5.13. The van der Waals surface area contributed by atoms with Crippen molar-refractivity contribution in [1.82, 2.24) is 0 Å². The van der Waals surface area contributed by atoms with Crippen LogP contribution in [0.15, 0.2) is 47.8 Å². The highest BCUT2D eigenvalue weighted by atomic mass is 32.2. The Morgan fingerprint density at radius 3 is 2.50 bits per heavy atom. The minimum atomic E-state index is -0.283. The molecule has 3 rings (SSSR count). The van der Waals surface area contributed by atoms with Gasteiger partial charge in [-0.3, -0.25) is 0 Å². The molecule has 90 valence electrons. The fourth-order valence-electron chi connectivity index (χ4n) is 2.10. The van der Waals surface area contributed by atoms with E-state index in [1.165, 1.54) is 12.1 Å². The zero-order valence-electron chi connectivity index (χ0n) is 9.78. The number of hydrogen-bond acceptors (Lipinski definition) is 0. The Morgan fingerprint density at radius 2 is 1.72 bits per heavy atom. The van der Waals surface area contributed by atoms with Gasteiger partial charge in [-0.2, -0.15) is 0 Å². The summed E-state index contributed by atoms with van der Waals surface area (Å²) < 4.78 is 27.6. The van der Waals surface area contributed by atoms with E-state index in [1.54, 1.807) is 24.3 Å². The summed E-state index contributed by atoms with van der Waals surface area (Å²) in [7, 11) is -0.283. The van der Waals surface area contributed by atoms with E-state index in [0.29, 0.717) is 0 Å². The third kappa shape index (κ3) is 1.81. The van der Waals surface area contributed by atoms with Gasteiger partial charge in [0.05, 0.1) is 0 Å². The van der Waals surface area contributed by atoms with Crippen LogP contribution in [0.4, 0.5) is 8.78 Å². The van der Waals surface area contributed by atoms with E-state index in [4.69, 9.17) is 0 Å². The lowest BCUT2D eigenvalue weighted by Gasteiger charge is -1.92. The molecular weight excluding hydrogens is 250 g/mol. The number of thiophene rings is 1. The lowest BCUT2D eigenvalue weighted by atomic mass is 10.2. The van der Waals surface area contributed by atoms with Gasteiger partial charge >= 0.3 is 0 Å². The number of halogens is 2. The van der Waals surface area contributed by atoms with E-state index in [1.807, 2.05) is 13.0 Å². The average Bonchev–Trinajstić information content (AvgIpc) is 2.67. The quantitative estimate of drug-likeness (QED) is 0.530. The van der Waals surface area contributed by atoms with Crippen molar-refractivity contribution < 1.29 is 8.78 Å². The van der Waals surface area contributed by atoms with E-state index in [2.05, 4.69) is 5.38 Å². The van der Waals surface area contributed by atoms with Crippen LogP contribution in [0, 0.1) is 18.6 Å². The summed E-state index contributed by atoms with van der Waals surface area (Å²) in [6, 6.07) is 11.4. The van der Waals surface area contributed by atoms with E-state index in [0.717, 1.165) is 20.5 Å². The van der Waals surface area contributed by atoms with E-state index < -0.39 is 0 Å². The number of aryl methyl sites for hydroxylation is 1. The fourth-order valence-corrected chi connectivity index (χ4v) is 4.24. The Labute approximate surface area is 106 Å². The second kappa shape index (κ2) is 4.18. The molecule has 0 aliphatic heterocycles. The smallest absolute Gasteiger partial charge is 0.186 e. The first kappa shape index (κ1) is 11.4. The van der Waals surface area contributed by atoms with Crippen LogP contribution in [-0.4, -0.2) is 0 Å². The molecule has 0 nitrogen and oxygen atoms in total. The van der Waals surface area contributed by atoms with Crippen molar-refractivity contribution >= 4 is 20.6 Å². The third-order valence-electron chi connectivity index (χ3n) is 2.95. The van der Waals surface area contributed by atoms with Crippen molar-refractivity contribution in [2.24, 2.45) is 0 Å². The standard InChI is InChI=1S/C15H11F2S/c1-10-9-18(13-4-2-3-11(16)7-13)15-6-5-12(17)8-14(10)15/h2-9H,1H3/q+1. The highest BCUT2D eigenvalue weighted by Gasteiger charge is 2.19. The van der Waals surface area contributed by atoms with Crippen LogP contribution in [0.2, 0.25) is 0 Å². The second-order valence-corrected chi connectivity index (χ2v) is 6.06. The number of benzene rings is 2. The van der Waals surface area contributed by atoms with Gasteiger partial charge in [0.15, 0.2) is 9.60 Å². The molecule has 0 spiro atoms. The highest BCUT2D eigenvalue weighted by molar-refractivity contribution is 7.43. The van der Waals surface area contributed by atoms with Gasteiger partial charge in [-0.25, -0.2) is 8.78 Å². The second-order valence-electron chi connectivity index (χ2n) is 4.24. The normalized spacial score (nSPS) is 12.1. The molecule has 1 unspecified atom stereocenters. The van der Waals surface area contributed by atoms with Gasteiger partial charge < -0.3 is 0 Å². The molecule has 18 heavy (non-hydrogen) atoms. The van der Waals surface area contributed by atoms with Crippen LogP contribution < -0.4 is 0 Å². The Morgan fingerprint density at radius 1 is 0.944 bits per heavy atom. The van der Waals surface area contributed by atoms with Crippen LogP contribution in [0.5, 0.6) is 0 Å². The fraction of sp³-hybridized carbons (Fsp3) is 0.0667. The largest absolute Gasteiger partial charge is 0.207 e. The number of fused-ring (bicyclic) bond motifs is 1. The van der Waals surface area contributed by atoms with Crippen LogP contribution >= 0.6 is 10.5 Å². The van der Waals surface area contributed by atoms with Gasteiger partial charge in [-0.1, -0.05) is 6.07 Å². The first-order chi connectivity index (χ1) is 8.65. The molecule has 0 N–H and O–H groups in total. The molecule has 1 atom stereocenters. The first-order valence-corrected chi connectivity index (χ1v) is 6.91. The summed E-state index contributed by atoms with van der Waals surface area (Å²) in [5, 5.41) is 3.02. The minimum absolute atomic E-state index is 0.230. The molecule has 0 amide bonds. The molecule has 0 bridgehead atoms. The summed E-state index contributed by atoms with van der Waals surface area (Å²) >= 11 is 0. The predicted molar refractivity (Wildman–Crippen MR) is 72.4 cm³/mol. The predicted octanol–water partition coefficient (Wildman–Crippen LogP) is 5.16. The molecule has 0 aliphatic carbocycles. The number of rotatable bonds is 1. The Kier molecular flexibility index (Phi) is 2.63. The van der Waals surface area contributed by atoms with Crippen LogP contribution in [0.3, 0.4) is 0 Å². The molecule has 0 saturated heterocycles. The molecule has 0 fully saturated rings. The van der Waals surface area contributed by atoms with Crippen molar-refractivity contribution in [3.8, 4) is 4.90 Å². The molecule has 0 saturated carbocycles. The Hall–Kier alpha value is -1.74. The summed E-state index contributed by atoms with van der Waals surface area (Å²) in [6.07, 6.45) is 0.